The van der Waals surface area contributed by atoms with Crippen molar-refractivity contribution < 1.29 is 0 Å². The third-order valence-corrected chi connectivity index (χ3v) is 4.36. The van der Waals surface area contributed by atoms with Crippen LogP contribution >= 0.6 is 11.6 Å². The molecule has 0 radical (unpaired) electrons. The minimum absolute atomic E-state index is 0.101. The Hall–Kier alpha value is -0.730. The highest BCUT2D eigenvalue weighted by Gasteiger charge is 2.22. The zero-order valence-electron chi connectivity index (χ0n) is 13.2. The molecule has 1 atom stereocenters. The number of halogens is 1. The number of nitrogens with one attached hydrogen (secondary N) is 1. The Labute approximate surface area is 128 Å². The van der Waals surface area contributed by atoms with E-state index >= 15 is 0 Å². The minimum atomic E-state index is 0.101. The number of nitrogens with zero attached hydrogens (tertiary/aromatic N) is 1. The summed E-state index contributed by atoms with van der Waals surface area (Å²) in [6.07, 6.45) is 3.90. The number of anilines is 1. The molecule has 0 aliphatic carbocycles. The smallest absolute Gasteiger partial charge is 0.0471 e. The monoisotopic (exact) mass is 294 g/mol. The van der Waals surface area contributed by atoms with E-state index in [-0.39, 0.29) is 5.54 Å². The van der Waals surface area contributed by atoms with E-state index < -0.39 is 0 Å². The molecule has 1 aromatic rings. The van der Waals surface area contributed by atoms with Crippen LogP contribution in [0, 0.1) is 0 Å². The van der Waals surface area contributed by atoms with Gasteiger partial charge in [0.2, 0.25) is 0 Å². The van der Waals surface area contributed by atoms with Crippen LogP contribution in [0.25, 0.3) is 0 Å². The number of hydrogen-bond acceptors (Lipinski definition) is 2. The van der Waals surface area contributed by atoms with E-state index in [1.807, 2.05) is 6.07 Å². The first-order valence-electron chi connectivity index (χ1n) is 7.67. The van der Waals surface area contributed by atoms with Gasteiger partial charge in [-0.2, -0.15) is 0 Å². The highest BCUT2D eigenvalue weighted by molar-refractivity contribution is 6.31. The summed E-state index contributed by atoms with van der Waals surface area (Å²) in [6, 6.07) is 6.89. The largest absolute Gasteiger partial charge is 0.369 e. The Morgan fingerprint density at radius 1 is 1.30 bits per heavy atom. The van der Waals surface area contributed by atoms with Gasteiger partial charge in [0.1, 0.15) is 0 Å². The summed E-state index contributed by atoms with van der Waals surface area (Å²) in [5.74, 6) is 0. The van der Waals surface area contributed by atoms with Crippen LogP contribution < -0.4 is 10.2 Å². The summed E-state index contributed by atoms with van der Waals surface area (Å²) in [4.78, 5) is 2.52. The van der Waals surface area contributed by atoms with Crippen LogP contribution in [0.3, 0.4) is 0 Å². The second-order valence-electron chi connectivity index (χ2n) is 6.88. The van der Waals surface area contributed by atoms with Crippen LogP contribution in [0.5, 0.6) is 0 Å². The topological polar surface area (TPSA) is 15.3 Å². The normalized spacial score (nSPS) is 20.2. The van der Waals surface area contributed by atoms with E-state index in [1.54, 1.807) is 0 Å². The van der Waals surface area contributed by atoms with Crippen molar-refractivity contribution in [3.63, 3.8) is 0 Å². The van der Waals surface area contributed by atoms with Gasteiger partial charge in [0.25, 0.3) is 0 Å². The maximum atomic E-state index is 6.46. The molecule has 1 saturated heterocycles. The van der Waals surface area contributed by atoms with E-state index in [0.717, 1.165) is 18.1 Å². The summed E-state index contributed by atoms with van der Waals surface area (Å²) in [7, 11) is 0. The van der Waals surface area contributed by atoms with Gasteiger partial charge in [0.15, 0.2) is 0 Å². The molecule has 0 spiro atoms. The molecular formula is C17H27ClN2. The van der Waals surface area contributed by atoms with Crippen molar-refractivity contribution in [1.82, 2.24) is 5.32 Å². The van der Waals surface area contributed by atoms with E-state index in [0.29, 0.717) is 6.04 Å². The van der Waals surface area contributed by atoms with Crippen molar-refractivity contribution >= 4 is 17.3 Å². The molecule has 1 aliphatic rings. The Bertz CT molecular complexity index is 451. The Balaban J connectivity index is 2.25. The highest BCUT2D eigenvalue weighted by atomic mass is 35.5. The summed E-state index contributed by atoms with van der Waals surface area (Å²) < 4.78 is 0. The molecule has 2 nitrogen and oxygen atoms in total. The van der Waals surface area contributed by atoms with Gasteiger partial charge in [-0.15, -0.1) is 0 Å². The second-order valence-corrected chi connectivity index (χ2v) is 7.29. The molecule has 1 heterocycles. The van der Waals surface area contributed by atoms with Crippen LogP contribution in [0.15, 0.2) is 18.2 Å². The zero-order valence-corrected chi connectivity index (χ0v) is 13.9. The van der Waals surface area contributed by atoms with Crippen LogP contribution in [0.1, 0.15) is 52.5 Å². The molecule has 0 amide bonds. The fourth-order valence-electron chi connectivity index (χ4n) is 2.80. The fourth-order valence-corrected chi connectivity index (χ4v) is 3.04. The lowest BCUT2D eigenvalue weighted by Crippen LogP contribution is -2.39. The van der Waals surface area contributed by atoms with Gasteiger partial charge in [-0.1, -0.05) is 17.7 Å². The Morgan fingerprint density at radius 3 is 2.70 bits per heavy atom. The minimum Gasteiger partial charge on any atom is -0.369 e. The lowest BCUT2D eigenvalue weighted by molar-refractivity contribution is 0.423. The molecule has 1 unspecified atom stereocenters. The van der Waals surface area contributed by atoms with Gasteiger partial charge in [-0.25, -0.2) is 0 Å². The molecule has 0 saturated carbocycles. The van der Waals surface area contributed by atoms with E-state index in [1.165, 1.54) is 30.5 Å². The number of benzene rings is 1. The number of rotatable bonds is 3. The van der Waals surface area contributed by atoms with Gasteiger partial charge in [-0.05, 0) is 59.1 Å². The molecule has 3 heteroatoms. The van der Waals surface area contributed by atoms with Crippen molar-refractivity contribution in [2.75, 3.05) is 11.4 Å². The lowest BCUT2D eigenvalue weighted by Gasteiger charge is -2.37. The Kier molecular flexibility index (Phi) is 4.98. The summed E-state index contributed by atoms with van der Waals surface area (Å²) in [5.41, 5.74) is 2.64. The average molecular weight is 295 g/mol. The maximum absolute atomic E-state index is 6.46. The molecule has 20 heavy (non-hydrogen) atoms. The van der Waals surface area contributed by atoms with Gasteiger partial charge < -0.3 is 10.2 Å². The molecule has 1 aromatic carbocycles. The van der Waals surface area contributed by atoms with Gasteiger partial charge in [0, 0.05) is 40.9 Å². The predicted molar refractivity (Wildman–Crippen MR) is 88.7 cm³/mol. The third kappa shape index (κ3) is 3.89. The molecule has 2 rings (SSSR count). The zero-order chi connectivity index (χ0) is 14.8. The standard InChI is InChI=1S/C17H27ClN2/c1-13-8-5-6-11-20(13)16-10-7-9-15(18)14(16)12-19-17(2,3)4/h7,9-10,13,19H,5-6,8,11-12H2,1-4H3. The first kappa shape index (κ1) is 15.7. The van der Waals surface area contributed by atoms with Crippen molar-refractivity contribution in [3.05, 3.63) is 28.8 Å². The van der Waals surface area contributed by atoms with Crippen molar-refractivity contribution in [3.8, 4) is 0 Å². The van der Waals surface area contributed by atoms with Crippen molar-refractivity contribution in [2.45, 2.75) is 65.1 Å². The molecule has 112 valence electrons. The SMILES string of the molecule is CC1CCCCN1c1cccc(Cl)c1CNC(C)(C)C. The first-order chi connectivity index (χ1) is 9.38. The predicted octanol–water partition coefficient (Wildman–Crippen LogP) is 4.61. The molecule has 0 aromatic heterocycles. The van der Waals surface area contributed by atoms with Crippen molar-refractivity contribution in [2.24, 2.45) is 0 Å². The highest BCUT2D eigenvalue weighted by Crippen LogP contribution is 2.32. The molecule has 1 fully saturated rings. The van der Waals surface area contributed by atoms with E-state index in [2.05, 4.69) is 50.0 Å². The van der Waals surface area contributed by atoms with Crippen LogP contribution in [0.2, 0.25) is 5.02 Å². The average Bonchev–Trinajstić information content (AvgIpc) is 2.36. The van der Waals surface area contributed by atoms with Gasteiger partial charge >= 0.3 is 0 Å². The summed E-state index contributed by atoms with van der Waals surface area (Å²) in [6.45, 7) is 10.8. The molecule has 1 aliphatic heterocycles. The van der Waals surface area contributed by atoms with Gasteiger partial charge in [0.05, 0.1) is 0 Å². The second kappa shape index (κ2) is 6.36. The molecule has 0 bridgehead atoms. The molecular weight excluding hydrogens is 268 g/mol. The van der Waals surface area contributed by atoms with Crippen LogP contribution in [0.4, 0.5) is 5.69 Å². The molecule has 1 N–H and O–H groups in total. The van der Waals surface area contributed by atoms with Crippen LogP contribution in [-0.2, 0) is 6.54 Å². The van der Waals surface area contributed by atoms with Gasteiger partial charge in [-0.3, -0.25) is 0 Å². The Morgan fingerprint density at radius 2 is 2.05 bits per heavy atom. The summed E-state index contributed by atoms with van der Waals surface area (Å²) >= 11 is 6.46. The first-order valence-corrected chi connectivity index (χ1v) is 8.05. The fraction of sp³-hybridized carbons (Fsp3) is 0.647. The third-order valence-electron chi connectivity index (χ3n) is 4.00. The van der Waals surface area contributed by atoms with Crippen molar-refractivity contribution in [1.29, 1.82) is 0 Å². The number of piperidine rings is 1. The lowest BCUT2D eigenvalue weighted by atomic mass is 10.0. The van der Waals surface area contributed by atoms with Crippen LogP contribution in [-0.4, -0.2) is 18.1 Å². The van der Waals surface area contributed by atoms with E-state index in [9.17, 15) is 0 Å². The quantitative estimate of drug-likeness (QED) is 0.876. The summed E-state index contributed by atoms with van der Waals surface area (Å²) in [5, 5.41) is 4.43. The van der Waals surface area contributed by atoms with E-state index in [4.69, 9.17) is 11.6 Å². The number of hydrogen-bond donors (Lipinski definition) is 1. The maximum Gasteiger partial charge on any atom is 0.0471 e.